The summed E-state index contributed by atoms with van der Waals surface area (Å²) in [7, 11) is 1.26. The monoisotopic (exact) mass is 381 g/mol. The largest absolute Gasteiger partial charge is 0.482 e. The van der Waals surface area contributed by atoms with Crippen LogP contribution in [0, 0.1) is 0 Å². The summed E-state index contributed by atoms with van der Waals surface area (Å²) in [6, 6.07) is 11.7. The molecule has 2 aromatic rings. The topological polar surface area (TPSA) is 57.1 Å². The molecule has 0 saturated carbocycles. The Hall–Kier alpha value is -3.03. The number of benzene rings is 2. The summed E-state index contributed by atoms with van der Waals surface area (Å²) in [4.78, 5) is 16.3. The van der Waals surface area contributed by atoms with E-state index in [1.54, 1.807) is 31.2 Å². The van der Waals surface area contributed by atoms with E-state index < -0.39 is 17.7 Å². The number of halogens is 3. The van der Waals surface area contributed by atoms with Gasteiger partial charge < -0.3 is 14.3 Å². The van der Waals surface area contributed by atoms with Crippen LogP contribution in [0.25, 0.3) is 0 Å². The van der Waals surface area contributed by atoms with Gasteiger partial charge in [0, 0.05) is 5.56 Å². The molecule has 2 rings (SSSR count). The maximum atomic E-state index is 12.7. The number of nitrogens with zero attached hydrogens (tertiary/aromatic N) is 1. The van der Waals surface area contributed by atoms with Gasteiger partial charge in [-0.05, 0) is 36.8 Å². The van der Waals surface area contributed by atoms with Gasteiger partial charge in [0.25, 0.3) is 0 Å². The van der Waals surface area contributed by atoms with Crippen LogP contribution in [0.4, 0.5) is 13.2 Å². The van der Waals surface area contributed by atoms with Crippen molar-refractivity contribution < 1.29 is 32.3 Å². The molecule has 0 aromatic heterocycles. The zero-order valence-corrected chi connectivity index (χ0v) is 14.7. The minimum absolute atomic E-state index is 0.0974. The van der Waals surface area contributed by atoms with Gasteiger partial charge in [0.2, 0.25) is 0 Å². The number of hydrogen-bond donors (Lipinski definition) is 0. The Kier molecular flexibility index (Phi) is 6.81. The first-order valence-corrected chi connectivity index (χ1v) is 7.92. The van der Waals surface area contributed by atoms with Gasteiger partial charge in [-0.15, -0.1) is 0 Å². The molecule has 0 spiro atoms. The van der Waals surface area contributed by atoms with Crippen molar-refractivity contribution in [3.05, 3.63) is 65.2 Å². The summed E-state index contributed by atoms with van der Waals surface area (Å²) >= 11 is 0. The molecule has 27 heavy (non-hydrogen) atoms. The Balaban J connectivity index is 1.99. The van der Waals surface area contributed by atoms with Gasteiger partial charge >= 0.3 is 12.1 Å². The van der Waals surface area contributed by atoms with Crippen LogP contribution in [0.5, 0.6) is 5.75 Å². The molecule has 144 valence electrons. The van der Waals surface area contributed by atoms with Gasteiger partial charge in [0.1, 0.15) is 12.4 Å². The van der Waals surface area contributed by atoms with Crippen LogP contribution in [0.3, 0.4) is 0 Å². The lowest BCUT2D eigenvalue weighted by Crippen LogP contribution is -2.12. The number of esters is 1. The predicted molar refractivity (Wildman–Crippen MR) is 92.4 cm³/mol. The minimum Gasteiger partial charge on any atom is -0.482 e. The number of ether oxygens (including phenoxy) is 2. The molecule has 0 bridgehead atoms. The van der Waals surface area contributed by atoms with Crippen LogP contribution < -0.4 is 4.74 Å². The highest BCUT2D eigenvalue weighted by Crippen LogP contribution is 2.29. The maximum absolute atomic E-state index is 12.7. The lowest BCUT2D eigenvalue weighted by Gasteiger charge is -2.09. The highest BCUT2D eigenvalue weighted by molar-refractivity contribution is 5.98. The normalized spacial score (nSPS) is 11.8. The quantitative estimate of drug-likeness (QED) is 0.410. The van der Waals surface area contributed by atoms with Crippen molar-refractivity contribution in [2.75, 3.05) is 13.7 Å². The van der Waals surface area contributed by atoms with E-state index in [1.165, 1.54) is 19.2 Å². The Morgan fingerprint density at radius 2 is 1.85 bits per heavy atom. The van der Waals surface area contributed by atoms with Gasteiger partial charge in [0.05, 0.1) is 18.4 Å². The van der Waals surface area contributed by atoms with Crippen molar-refractivity contribution in [1.29, 1.82) is 0 Å². The zero-order valence-electron chi connectivity index (χ0n) is 14.7. The Labute approximate surface area is 154 Å². The van der Waals surface area contributed by atoms with Gasteiger partial charge in [-0.3, -0.25) is 0 Å². The Morgan fingerprint density at radius 1 is 1.11 bits per heavy atom. The molecular formula is C19H18F3NO4. The summed E-state index contributed by atoms with van der Waals surface area (Å²) < 4.78 is 47.9. The molecular weight excluding hydrogens is 363 g/mol. The van der Waals surface area contributed by atoms with Crippen LogP contribution in [0.15, 0.2) is 53.7 Å². The molecule has 0 fully saturated rings. The van der Waals surface area contributed by atoms with Crippen LogP contribution in [0.1, 0.15) is 23.6 Å². The molecule has 2 aromatic carbocycles. The van der Waals surface area contributed by atoms with E-state index in [0.717, 1.165) is 12.1 Å². The van der Waals surface area contributed by atoms with E-state index in [9.17, 15) is 18.0 Å². The molecule has 0 aliphatic heterocycles. The summed E-state index contributed by atoms with van der Waals surface area (Å²) in [6.45, 7) is 1.37. The van der Waals surface area contributed by atoms with Gasteiger partial charge in [-0.25, -0.2) is 4.79 Å². The molecule has 0 N–H and O–H groups in total. The fourth-order valence-corrected chi connectivity index (χ4v) is 2.11. The summed E-state index contributed by atoms with van der Waals surface area (Å²) in [5, 5.41) is 3.92. The number of carbonyl (C=O) groups is 1. The number of hydrogen-bond acceptors (Lipinski definition) is 5. The lowest BCUT2D eigenvalue weighted by atomic mass is 10.1. The lowest BCUT2D eigenvalue weighted by molar-refractivity contribution is -0.143. The first-order chi connectivity index (χ1) is 12.8. The summed E-state index contributed by atoms with van der Waals surface area (Å²) in [5.74, 6) is -0.0551. The van der Waals surface area contributed by atoms with Crippen LogP contribution in [-0.4, -0.2) is 25.4 Å². The van der Waals surface area contributed by atoms with Crippen LogP contribution in [0.2, 0.25) is 0 Å². The second kappa shape index (κ2) is 9.07. The smallest absolute Gasteiger partial charge is 0.416 e. The van der Waals surface area contributed by atoms with Crippen LogP contribution >= 0.6 is 0 Å². The number of oxime groups is 1. The fourth-order valence-electron chi connectivity index (χ4n) is 2.11. The molecule has 0 aliphatic carbocycles. The Morgan fingerprint density at radius 3 is 2.56 bits per heavy atom. The van der Waals surface area contributed by atoms with E-state index in [0.29, 0.717) is 22.6 Å². The highest BCUT2D eigenvalue weighted by Gasteiger charge is 2.30. The summed E-state index contributed by atoms with van der Waals surface area (Å²) in [5.41, 5.74) is 0.809. The third-order valence-corrected chi connectivity index (χ3v) is 3.52. The number of alkyl halides is 3. The number of rotatable bonds is 7. The van der Waals surface area contributed by atoms with Crippen molar-refractivity contribution in [3.8, 4) is 5.75 Å². The fraction of sp³-hybridized carbons (Fsp3) is 0.263. The Bertz CT molecular complexity index is 819. The van der Waals surface area contributed by atoms with E-state index in [-0.39, 0.29) is 13.2 Å². The SMILES string of the molecule is COC(=O)COc1cccc(C(C)=NOCc2cccc(C(F)(F)F)c2)c1. The minimum atomic E-state index is -4.40. The van der Waals surface area contributed by atoms with Crippen molar-refractivity contribution in [3.63, 3.8) is 0 Å². The van der Waals surface area contributed by atoms with Gasteiger partial charge in [0.15, 0.2) is 6.61 Å². The molecule has 0 unspecified atom stereocenters. The first kappa shape index (κ1) is 20.3. The van der Waals surface area contributed by atoms with Crippen molar-refractivity contribution >= 4 is 11.7 Å². The number of methoxy groups -OCH3 is 1. The molecule has 5 nitrogen and oxygen atoms in total. The highest BCUT2D eigenvalue weighted by atomic mass is 19.4. The standard InChI is InChI=1S/C19H18F3NO4/c1-13(15-6-4-8-17(10-15)26-12-18(24)25-2)23-27-11-14-5-3-7-16(9-14)19(20,21)22/h3-10H,11-12H2,1-2H3. The van der Waals surface area contributed by atoms with Crippen molar-refractivity contribution in [2.24, 2.45) is 5.16 Å². The molecule has 0 atom stereocenters. The molecule has 0 saturated heterocycles. The van der Waals surface area contributed by atoms with Gasteiger partial charge in [-0.1, -0.05) is 29.4 Å². The van der Waals surface area contributed by atoms with Crippen LogP contribution in [-0.2, 0) is 27.2 Å². The predicted octanol–water partition coefficient (Wildman–Crippen LogP) is 4.20. The van der Waals surface area contributed by atoms with E-state index in [4.69, 9.17) is 9.57 Å². The third-order valence-electron chi connectivity index (χ3n) is 3.52. The third kappa shape index (κ3) is 6.32. The average Bonchev–Trinajstić information content (AvgIpc) is 2.65. The molecule has 0 aliphatic rings. The average molecular weight is 381 g/mol. The molecule has 0 radical (unpaired) electrons. The maximum Gasteiger partial charge on any atom is 0.416 e. The van der Waals surface area contributed by atoms with Crippen molar-refractivity contribution in [1.82, 2.24) is 0 Å². The number of carbonyl (C=O) groups excluding carboxylic acids is 1. The first-order valence-electron chi connectivity index (χ1n) is 7.92. The van der Waals surface area contributed by atoms with E-state index in [2.05, 4.69) is 9.89 Å². The molecule has 0 amide bonds. The zero-order chi connectivity index (χ0) is 19.9. The second-order valence-corrected chi connectivity index (χ2v) is 5.54. The van der Waals surface area contributed by atoms with E-state index >= 15 is 0 Å². The molecule has 8 heteroatoms. The van der Waals surface area contributed by atoms with Gasteiger partial charge in [-0.2, -0.15) is 13.2 Å². The van der Waals surface area contributed by atoms with Crippen molar-refractivity contribution in [2.45, 2.75) is 19.7 Å². The molecule has 0 heterocycles. The second-order valence-electron chi connectivity index (χ2n) is 5.54. The summed E-state index contributed by atoms with van der Waals surface area (Å²) in [6.07, 6.45) is -4.40. The van der Waals surface area contributed by atoms with E-state index in [1.807, 2.05) is 0 Å².